The minimum Gasteiger partial charge on any atom is -0.672 e. The average molecular weight is 261 g/mol. The van der Waals surface area contributed by atoms with Crippen molar-refractivity contribution in [3.05, 3.63) is 0 Å². The van der Waals surface area contributed by atoms with Crippen molar-refractivity contribution in [1.29, 1.82) is 0 Å². The van der Waals surface area contributed by atoms with E-state index in [4.69, 9.17) is 14.1 Å². The van der Waals surface area contributed by atoms with Crippen molar-refractivity contribution in [2.24, 2.45) is 0 Å². The van der Waals surface area contributed by atoms with Crippen LogP contribution in [0.5, 0.6) is 0 Å². The standard InChI is InChI=1S/Na.O3Si.9H2O/c;1-4(2)3;;;;;;;;;/h;;9*1H2/q+1;-2;;;;;;;;;. The minimum atomic E-state index is -3.63. The van der Waals surface area contributed by atoms with Crippen molar-refractivity contribution in [2.75, 3.05) is 0 Å². The van der Waals surface area contributed by atoms with Gasteiger partial charge in [-0.2, -0.15) is 0 Å². The second-order valence-corrected chi connectivity index (χ2v) is 0.750. The molecule has 0 rings (SSSR count). The maximum atomic E-state index is 8.52. The Balaban J connectivity index is -0.000000001000. The zero-order valence-corrected chi connectivity index (χ0v) is 10.2. The van der Waals surface area contributed by atoms with Crippen molar-refractivity contribution in [3.63, 3.8) is 0 Å². The van der Waals surface area contributed by atoms with Gasteiger partial charge in [-0.25, -0.2) is 0 Å². The summed E-state index contributed by atoms with van der Waals surface area (Å²) in [7, 11) is -3.63. The first-order valence-electron chi connectivity index (χ1n) is 0.612. The summed E-state index contributed by atoms with van der Waals surface area (Å²) in [5, 5.41) is 0. The topological polar surface area (TPSA) is 347 Å². The predicted octanol–water partition coefficient (Wildman–Crippen LogP) is -13.3. The molecule has 0 heterocycles. The molecular formula is H18NaO12Si-. The van der Waals surface area contributed by atoms with Gasteiger partial charge in [-0.05, 0) is 0 Å². The third-order valence-corrected chi connectivity index (χ3v) is 0. The Bertz CT molecular complexity index is 33.3. The number of hydrogen-bond acceptors (Lipinski definition) is 3. The van der Waals surface area contributed by atoms with E-state index in [2.05, 4.69) is 0 Å². The van der Waals surface area contributed by atoms with E-state index in [0.29, 0.717) is 0 Å². The van der Waals surface area contributed by atoms with Crippen molar-refractivity contribution in [3.8, 4) is 0 Å². The molecule has 0 radical (unpaired) electrons. The molecule has 0 aliphatic carbocycles. The molecule has 0 aromatic carbocycles. The van der Waals surface area contributed by atoms with Gasteiger partial charge in [-0.15, -0.1) is 0 Å². The maximum absolute atomic E-state index is 8.52. The molecule has 0 amide bonds. The molecule has 0 aromatic rings. The molecule has 12 nitrogen and oxygen atoms in total. The van der Waals surface area contributed by atoms with Crippen LogP contribution in [0.3, 0.4) is 0 Å². The molecule has 0 atom stereocenters. The quantitative estimate of drug-likeness (QED) is 0.383. The third kappa shape index (κ3) is 23500. The van der Waals surface area contributed by atoms with Gasteiger partial charge in [0.2, 0.25) is 0 Å². The summed E-state index contributed by atoms with van der Waals surface area (Å²) in [4.78, 5) is 17.0. The van der Waals surface area contributed by atoms with Crippen LogP contribution in [0.15, 0.2) is 0 Å². The molecule has 14 heavy (non-hydrogen) atoms. The van der Waals surface area contributed by atoms with Crippen LogP contribution in [-0.2, 0) is 4.46 Å². The van der Waals surface area contributed by atoms with E-state index in [9.17, 15) is 0 Å². The Morgan fingerprint density at radius 2 is 0.571 bits per heavy atom. The van der Waals surface area contributed by atoms with Crippen molar-refractivity contribution >= 4 is 9.17 Å². The fourth-order valence-corrected chi connectivity index (χ4v) is 0. The van der Waals surface area contributed by atoms with Crippen LogP contribution in [0, 0.1) is 0 Å². The summed E-state index contributed by atoms with van der Waals surface area (Å²) in [6.07, 6.45) is 0. The summed E-state index contributed by atoms with van der Waals surface area (Å²) in [6.45, 7) is 0. The summed E-state index contributed by atoms with van der Waals surface area (Å²) in [5.74, 6) is 0. The van der Waals surface area contributed by atoms with Crippen LogP contribution in [0.1, 0.15) is 0 Å². The van der Waals surface area contributed by atoms with Crippen molar-refractivity contribution in [2.45, 2.75) is 0 Å². The Morgan fingerprint density at radius 3 is 0.571 bits per heavy atom. The van der Waals surface area contributed by atoms with Crippen molar-refractivity contribution in [1.82, 2.24) is 0 Å². The Morgan fingerprint density at radius 1 is 0.571 bits per heavy atom. The summed E-state index contributed by atoms with van der Waals surface area (Å²) >= 11 is 0. The molecule has 14 heteroatoms. The van der Waals surface area contributed by atoms with Gasteiger partial charge in [0.1, 0.15) is 0 Å². The van der Waals surface area contributed by atoms with Crippen LogP contribution < -0.4 is 39.1 Å². The maximum Gasteiger partial charge on any atom is 1.00 e. The molecule has 0 unspecified atom stereocenters. The van der Waals surface area contributed by atoms with Gasteiger partial charge in [0.05, 0.1) is 0 Å². The number of rotatable bonds is 0. The summed E-state index contributed by atoms with van der Waals surface area (Å²) in [6, 6.07) is 0. The van der Waals surface area contributed by atoms with Crippen LogP contribution in [0.25, 0.3) is 0 Å². The van der Waals surface area contributed by atoms with Crippen LogP contribution >= 0.6 is 0 Å². The molecule has 96 valence electrons. The van der Waals surface area contributed by atoms with Gasteiger partial charge >= 0.3 is 29.6 Å². The van der Waals surface area contributed by atoms with E-state index in [-0.39, 0.29) is 78.8 Å². The Labute approximate surface area is 102 Å². The normalized spacial score (nSPS) is 1.71. The third-order valence-electron chi connectivity index (χ3n) is 0. The van der Waals surface area contributed by atoms with Crippen molar-refractivity contribution < 1.29 is 92.9 Å². The van der Waals surface area contributed by atoms with E-state index in [1.54, 1.807) is 0 Å². The second kappa shape index (κ2) is 188. The van der Waals surface area contributed by atoms with Gasteiger partial charge in [0.15, 0.2) is 0 Å². The smallest absolute Gasteiger partial charge is 0.672 e. The van der Waals surface area contributed by atoms with Gasteiger partial charge in [-0.1, -0.05) is 0 Å². The van der Waals surface area contributed by atoms with Gasteiger partial charge in [0, 0.05) is 9.17 Å². The molecule has 0 aromatic heterocycles. The fourth-order valence-electron chi connectivity index (χ4n) is 0. The van der Waals surface area contributed by atoms with Gasteiger partial charge in [-0.3, -0.25) is 0 Å². The van der Waals surface area contributed by atoms with E-state index >= 15 is 0 Å². The molecule has 0 bridgehead atoms. The Hall–Kier alpha value is 0.257. The molecule has 0 spiro atoms. The molecule has 0 aliphatic heterocycles. The SMILES string of the molecule is O.O.O.O.O.O.O.O.O.O=[Si]([O-])[O-].[Na+]. The van der Waals surface area contributed by atoms with Crippen LogP contribution in [-0.4, -0.2) is 58.5 Å². The average Bonchev–Trinajstić information content (AvgIpc) is 0.811. The first kappa shape index (κ1) is 236. The van der Waals surface area contributed by atoms with E-state index in [1.807, 2.05) is 0 Å². The summed E-state index contributed by atoms with van der Waals surface area (Å²) < 4.78 is 8.52. The molecule has 0 saturated carbocycles. The van der Waals surface area contributed by atoms with Gasteiger partial charge in [0.25, 0.3) is 0 Å². The zero-order valence-electron chi connectivity index (χ0n) is 7.22. The predicted molar refractivity (Wildman–Crippen MR) is 39.0 cm³/mol. The molecule has 0 fully saturated rings. The Kier molecular flexibility index (Phi) is 3170. The van der Waals surface area contributed by atoms with E-state index in [1.165, 1.54) is 0 Å². The molecule has 0 aliphatic rings. The second-order valence-electron chi connectivity index (χ2n) is 0.250. The first-order chi connectivity index (χ1) is 1.73. The molecule has 18 N–H and O–H groups in total. The van der Waals surface area contributed by atoms with Crippen LogP contribution in [0.4, 0.5) is 0 Å². The first-order valence-corrected chi connectivity index (χ1v) is 1.84. The monoisotopic (exact) mass is 261 g/mol. The number of hydrogen-bond donors (Lipinski definition) is 0. The van der Waals surface area contributed by atoms with Gasteiger partial charge < -0.3 is 63.3 Å². The van der Waals surface area contributed by atoms with E-state index in [0.717, 1.165) is 0 Å². The fraction of sp³-hybridized carbons (Fsp3) is 0. The minimum absolute atomic E-state index is 0. The van der Waals surface area contributed by atoms with E-state index < -0.39 is 9.17 Å². The molecule has 0 saturated heterocycles. The van der Waals surface area contributed by atoms with Crippen LogP contribution in [0.2, 0.25) is 0 Å². The molecular weight excluding hydrogens is 243 g/mol. The zero-order chi connectivity index (χ0) is 3.58. The summed E-state index contributed by atoms with van der Waals surface area (Å²) in [5.41, 5.74) is 0. The largest absolute Gasteiger partial charge is 1.00 e.